The van der Waals surface area contributed by atoms with Gasteiger partial charge in [-0.3, -0.25) is 9.59 Å². The molecule has 0 aliphatic heterocycles. The van der Waals surface area contributed by atoms with E-state index in [1.807, 2.05) is 0 Å². The average Bonchev–Trinajstić information content (AvgIpc) is 2.52. The van der Waals surface area contributed by atoms with Gasteiger partial charge in [0.2, 0.25) is 11.8 Å². The van der Waals surface area contributed by atoms with Gasteiger partial charge in [0.05, 0.1) is 12.0 Å². The molecule has 1 atom stereocenters. The molecule has 0 aliphatic rings. The average molecular weight is 419 g/mol. The van der Waals surface area contributed by atoms with Gasteiger partial charge in [-0.2, -0.15) is 13.2 Å². The highest BCUT2D eigenvalue weighted by atomic mass is 28.4. The summed E-state index contributed by atoms with van der Waals surface area (Å²) in [5.74, 6) is -1.29. The van der Waals surface area contributed by atoms with Crippen LogP contribution in [-0.4, -0.2) is 32.8 Å². The van der Waals surface area contributed by atoms with Crippen molar-refractivity contribution >= 4 is 20.1 Å². The van der Waals surface area contributed by atoms with Crippen LogP contribution in [0.2, 0.25) is 18.1 Å². The van der Waals surface area contributed by atoms with E-state index in [0.717, 1.165) is 12.1 Å². The van der Waals surface area contributed by atoms with Crippen molar-refractivity contribution in [1.82, 2.24) is 5.32 Å². The molecule has 0 aromatic heterocycles. The fraction of sp³-hybridized carbons (Fsp3) is 0.579. The zero-order chi connectivity index (χ0) is 21.8. The molecular formula is C19H29F3N2O3Si. The van der Waals surface area contributed by atoms with Crippen LogP contribution in [0.4, 0.5) is 13.2 Å². The second kappa shape index (κ2) is 9.08. The van der Waals surface area contributed by atoms with E-state index in [2.05, 4.69) is 39.2 Å². The molecule has 158 valence electrons. The molecule has 1 rings (SSSR count). The standard InChI is InChI=1S/C19H29F3N2O3Si/c1-18(2,3)28(4,5)27-10-9-15(17(23)26)24-16(25)12-13-7-6-8-14(11-13)19(20,21)22/h6-8,11,15H,9-10,12H2,1-5H3,(H2,23,26)(H,24,25)/t15-/m0/s1. The second-order valence-electron chi connectivity index (χ2n) is 8.29. The Bertz CT molecular complexity index is 700. The van der Waals surface area contributed by atoms with E-state index in [4.69, 9.17) is 10.2 Å². The molecule has 28 heavy (non-hydrogen) atoms. The van der Waals surface area contributed by atoms with Crippen molar-refractivity contribution in [3.63, 3.8) is 0 Å². The Labute approximate surface area is 165 Å². The lowest BCUT2D eigenvalue weighted by Gasteiger charge is -2.36. The summed E-state index contributed by atoms with van der Waals surface area (Å²) in [4.78, 5) is 23.8. The maximum Gasteiger partial charge on any atom is 0.416 e. The Kier molecular flexibility index (Phi) is 7.84. The predicted octanol–water partition coefficient (Wildman–Crippen LogP) is 3.63. The Morgan fingerprint density at radius 2 is 1.82 bits per heavy atom. The van der Waals surface area contributed by atoms with Crippen LogP contribution in [0.3, 0.4) is 0 Å². The summed E-state index contributed by atoms with van der Waals surface area (Å²) in [7, 11) is -2.00. The minimum atomic E-state index is -4.48. The molecule has 0 fully saturated rings. The molecule has 5 nitrogen and oxygen atoms in total. The van der Waals surface area contributed by atoms with E-state index in [1.165, 1.54) is 12.1 Å². The quantitative estimate of drug-likeness (QED) is 0.633. The number of halogens is 3. The molecule has 9 heteroatoms. The van der Waals surface area contributed by atoms with Crippen LogP contribution >= 0.6 is 0 Å². The van der Waals surface area contributed by atoms with Crippen LogP contribution < -0.4 is 11.1 Å². The molecular weight excluding hydrogens is 389 g/mol. The largest absolute Gasteiger partial charge is 0.417 e. The zero-order valence-electron chi connectivity index (χ0n) is 16.9. The van der Waals surface area contributed by atoms with Crippen LogP contribution in [0.5, 0.6) is 0 Å². The van der Waals surface area contributed by atoms with Crippen LogP contribution in [0.25, 0.3) is 0 Å². The van der Waals surface area contributed by atoms with Gasteiger partial charge in [0, 0.05) is 6.61 Å². The number of nitrogens with two attached hydrogens (primary N) is 1. The lowest BCUT2D eigenvalue weighted by molar-refractivity contribution is -0.137. The molecule has 0 saturated carbocycles. The topological polar surface area (TPSA) is 81.4 Å². The van der Waals surface area contributed by atoms with Crippen molar-refractivity contribution in [2.75, 3.05) is 6.61 Å². The third-order valence-electron chi connectivity index (χ3n) is 4.97. The summed E-state index contributed by atoms with van der Waals surface area (Å²) < 4.78 is 44.3. The van der Waals surface area contributed by atoms with Crippen molar-refractivity contribution in [3.8, 4) is 0 Å². The number of hydrogen-bond donors (Lipinski definition) is 2. The highest BCUT2D eigenvalue weighted by Gasteiger charge is 2.37. The van der Waals surface area contributed by atoms with E-state index in [9.17, 15) is 22.8 Å². The number of rotatable bonds is 8. The summed E-state index contributed by atoms with van der Waals surface area (Å²) >= 11 is 0. The molecule has 0 aliphatic carbocycles. The first-order valence-electron chi connectivity index (χ1n) is 9.02. The highest BCUT2D eigenvalue weighted by molar-refractivity contribution is 6.74. The molecule has 0 unspecified atom stereocenters. The van der Waals surface area contributed by atoms with Gasteiger partial charge in [-0.25, -0.2) is 0 Å². The summed E-state index contributed by atoms with van der Waals surface area (Å²) in [6, 6.07) is 3.58. The van der Waals surface area contributed by atoms with Crippen molar-refractivity contribution < 1.29 is 27.2 Å². The van der Waals surface area contributed by atoms with E-state index < -0.39 is 37.9 Å². The zero-order valence-corrected chi connectivity index (χ0v) is 17.9. The molecule has 2 amide bonds. The van der Waals surface area contributed by atoms with Crippen LogP contribution in [0.15, 0.2) is 24.3 Å². The Balaban J connectivity index is 2.67. The first-order chi connectivity index (χ1) is 12.6. The van der Waals surface area contributed by atoms with Gasteiger partial charge in [0.15, 0.2) is 8.32 Å². The summed E-state index contributed by atoms with van der Waals surface area (Å²) in [6.07, 6.45) is -4.56. The lowest BCUT2D eigenvalue weighted by atomic mass is 10.1. The summed E-state index contributed by atoms with van der Waals surface area (Å²) in [6.45, 7) is 10.6. The number of benzene rings is 1. The summed E-state index contributed by atoms with van der Waals surface area (Å²) in [5.41, 5.74) is 4.72. The number of carbonyl (C=O) groups is 2. The van der Waals surface area contributed by atoms with Crippen LogP contribution in [0, 0.1) is 0 Å². The van der Waals surface area contributed by atoms with Gasteiger partial charge in [-0.15, -0.1) is 0 Å². The van der Waals surface area contributed by atoms with Crippen molar-refractivity contribution in [2.45, 2.75) is 64.0 Å². The van der Waals surface area contributed by atoms with Gasteiger partial charge >= 0.3 is 6.18 Å². The van der Waals surface area contributed by atoms with Gasteiger partial charge < -0.3 is 15.5 Å². The second-order valence-corrected chi connectivity index (χ2v) is 13.1. The molecule has 0 bridgehead atoms. The molecule has 3 N–H and O–H groups in total. The van der Waals surface area contributed by atoms with E-state index in [1.54, 1.807) is 0 Å². The molecule has 0 heterocycles. The number of nitrogens with one attached hydrogen (secondary N) is 1. The minimum Gasteiger partial charge on any atom is -0.417 e. The van der Waals surface area contributed by atoms with E-state index in [-0.39, 0.29) is 30.1 Å². The fourth-order valence-corrected chi connectivity index (χ4v) is 3.28. The Hall–Kier alpha value is -1.87. The first kappa shape index (κ1) is 24.2. The Morgan fingerprint density at radius 3 is 2.32 bits per heavy atom. The first-order valence-corrected chi connectivity index (χ1v) is 11.9. The number of alkyl halides is 3. The number of amides is 2. The summed E-state index contributed by atoms with van der Waals surface area (Å²) in [5, 5.41) is 2.49. The number of hydrogen-bond acceptors (Lipinski definition) is 3. The maximum atomic E-state index is 12.8. The molecule has 1 aromatic carbocycles. The van der Waals surface area contributed by atoms with Gasteiger partial charge in [-0.1, -0.05) is 39.0 Å². The van der Waals surface area contributed by atoms with Crippen LogP contribution in [-0.2, 0) is 26.6 Å². The van der Waals surface area contributed by atoms with E-state index >= 15 is 0 Å². The lowest BCUT2D eigenvalue weighted by Crippen LogP contribution is -2.47. The highest BCUT2D eigenvalue weighted by Crippen LogP contribution is 2.36. The normalized spacial score (nSPS) is 13.9. The molecule has 0 saturated heterocycles. The third kappa shape index (κ3) is 7.27. The molecule has 0 spiro atoms. The van der Waals surface area contributed by atoms with Crippen molar-refractivity contribution in [3.05, 3.63) is 35.4 Å². The molecule has 0 radical (unpaired) electrons. The predicted molar refractivity (Wildman–Crippen MR) is 104 cm³/mol. The van der Waals surface area contributed by atoms with Gasteiger partial charge in [0.1, 0.15) is 6.04 Å². The maximum absolute atomic E-state index is 12.8. The fourth-order valence-electron chi connectivity index (χ4n) is 2.22. The van der Waals surface area contributed by atoms with Gasteiger partial charge in [-0.05, 0) is 36.2 Å². The monoisotopic (exact) mass is 418 g/mol. The van der Waals surface area contributed by atoms with E-state index in [0.29, 0.717) is 0 Å². The van der Waals surface area contributed by atoms with Gasteiger partial charge in [0.25, 0.3) is 0 Å². The molecule has 1 aromatic rings. The van der Waals surface area contributed by atoms with Crippen LogP contribution in [0.1, 0.15) is 38.3 Å². The third-order valence-corrected chi connectivity index (χ3v) is 9.51. The van der Waals surface area contributed by atoms with Crippen molar-refractivity contribution in [2.24, 2.45) is 5.73 Å². The SMILES string of the molecule is CC(C)(C)[Si](C)(C)OCC[C@H](NC(=O)Cc1cccc(C(F)(F)F)c1)C(N)=O. The number of carbonyl (C=O) groups excluding carboxylic acids is 2. The van der Waals surface area contributed by atoms with Crippen molar-refractivity contribution in [1.29, 1.82) is 0 Å². The Morgan fingerprint density at radius 1 is 1.21 bits per heavy atom. The smallest absolute Gasteiger partial charge is 0.416 e. The number of primary amides is 1. The minimum absolute atomic E-state index is 0.00195.